The van der Waals surface area contributed by atoms with Gasteiger partial charge in [-0.15, -0.1) is 6.58 Å². The molecule has 1 heterocycles. The number of ether oxygens (including phenoxy) is 6. The Morgan fingerprint density at radius 3 is 2.05 bits per heavy atom. The van der Waals surface area contributed by atoms with E-state index in [-0.39, 0.29) is 24.8 Å². The number of methoxy groups -OCH3 is 2. The quantitative estimate of drug-likeness (QED) is 0.0457. The van der Waals surface area contributed by atoms with Gasteiger partial charge in [-0.3, -0.25) is 14.4 Å². The molecule has 3 amide bonds. The summed E-state index contributed by atoms with van der Waals surface area (Å²) >= 11 is 6.31. The van der Waals surface area contributed by atoms with E-state index in [0.29, 0.717) is 42.4 Å². The molecule has 3 N–H and O–H groups in total. The van der Waals surface area contributed by atoms with E-state index in [1.165, 1.54) is 7.11 Å². The molecule has 0 aliphatic carbocycles. The zero-order chi connectivity index (χ0) is 47.2. The van der Waals surface area contributed by atoms with Crippen molar-refractivity contribution in [3.63, 3.8) is 0 Å². The topological polar surface area (TPSA) is 160 Å². The fraction of sp³-hybridized carbons (Fsp3) is 0.480. The van der Waals surface area contributed by atoms with Crippen molar-refractivity contribution in [2.75, 3.05) is 20.8 Å². The van der Waals surface area contributed by atoms with Gasteiger partial charge in [0, 0.05) is 25.3 Å². The molecule has 14 heteroatoms. The number of esters is 1. The van der Waals surface area contributed by atoms with Crippen LogP contribution in [0.5, 0.6) is 11.5 Å². The van der Waals surface area contributed by atoms with Crippen LogP contribution in [0.25, 0.3) is 0 Å². The Balaban J connectivity index is 1.42. The van der Waals surface area contributed by atoms with Crippen LogP contribution >= 0.6 is 11.6 Å². The van der Waals surface area contributed by atoms with Crippen LogP contribution in [0, 0.1) is 17.3 Å². The highest BCUT2D eigenvalue weighted by atomic mass is 35.5. The minimum atomic E-state index is -1.18. The van der Waals surface area contributed by atoms with Crippen molar-refractivity contribution in [3.8, 4) is 11.5 Å². The average Bonchev–Trinajstić information content (AvgIpc) is 3.59. The fourth-order valence-electron chi connectivity index (χ4n) is 7.28. The molecular formula is C50H66ClN3O10. The second-order valence-electron chi connectivity index (χ2n) is 17.7. The largest absolute Gasteiger partial charge is 0.497 e. The zero-order valence-corrected chi connectivity index (χ0v) is 39.4. The Bertz CT molecular complexity index is 2050. The molecule has 1 saturated heterocycles. The van der Waals surface area contributed by atoms with Gasteiger partial charge in [0.05, 0.1) is 44.0 Å². The molecule has 13 nitrogen and oxygen atoms in total. The van der Waals surface area contributed by atoms with Crippen LogP contribution in [-0.4, -0.2) is 74.5 Å². The first-order valence-corrected chi connectivity index (χ1v) is 22.0. The summed E-state index contributed by atoms with van der Waals surface area (Å²) in [5.41, 5.74) is 2.45. The van der Waals surface area contributed by atoms with Gasteiger partial charge in [0.1, 0.15) is 35.8 Å². The number of halogens is 1. The molecule has 3 aromatic rings. The third-order valence-corrected chi connectivity index (χ3v) is 11.3. The SMILES string of the molecule is C=CC[C@H](OC(=O)[C@H](CC(C)C)NC(=O)C(C)(C)CNC(=O)[C@@H](Cc1ccc(OC)c(Cl)c1)NC(=O)C=C)[C@H](C)[C@H]1OC(C)(C)O[C@@H]1c1ccc(COCc2ccc(OC)cc2)cc1. The van der Waals surface area contributed by atoms with Crippen LogP contribution in [0.3, 0.4) is 0 Å². The van der Waals surface area contributed by atoms with Gasteiger partial charge in [-0.2, -0.15) is 0 Å². The summed E-state index contributed by atoms with van der Waals surface area (Å²) in [6.45, 7) is 21.1. The van der Waals surface area contributed by atoms with Crippen LogP contribution < -0.4 is 25.4 Å². The van der Waals surface area contributed by atoms with Crippen molar-refractivity contribution < 1.29 is 47.6 Å². The second-order valence-corrected chi connectivity index (χ2v) is 18.1. The summed E-state index contributed by atoms with van der Waals surface area (Å²) in [7, 11) is 3.13. The first-order chi connectivity index (χ1) is 30.3. The van der Waals surface area contributed by atoms with Crippen molar-refractivity contribution >= 4 is 35.3 Å². The number of amides is 3. The van der Waals surface area contributed by atoms with Crippen LogP contribution in [0.15, 0.2) is 92.0 Å². The van der Waals surface area contributed by atoms with Gasteiger partial charge in [0.25, 0.3) is 0 Å². The predicted octanol–water partition coefficient (Wildman–Crippen LogP) is 7.98. The van der Waals surface area contributed by atoms with E-state index >= 15 is 0 Å². The van der Waals surface area contributed by atoms with Gasteiger partial charge in [0.15, 0.2) is 5.79 Å². The molecule has 0 aromatic heterocycles. The van der Waals surface area contributed by atoms with Gasteiger partial charge in [-0.1, -0.05) is 87.5 Å². The molecule has 0 radical (unpaired) electrons. The molecule has 0 bridgehead atoms. The van der Waals surface area contributed by atoms with Crippen LogP contribution in [-0.2, 0) is 57.8 Å². The van der Waals surface area contributed by atoms with E-state index in [2.05, 4.69) is 29.1 Å². The average molecular weight is 905 g/mol. The van der Waals surface area contributed by atoms with Gasteiger partial charge >= 0.3 is 5.97 Å². The maximum atomic E-state index is 14.1. The van der Waals surface area contributed by atoms with Gasteiger partial charge in [0.2, 0.25) is 17.7 Å². The van der Waals surface area contributed by atoms with E-state index in [1.807, 2.05) is 83.1 Å². The highest BCUT2D eigenvalue weighted by Crippen LogP contribution is 2.43. The van der Waals surface area contributed by atoms with Crippen LogP contribution in [0.1, 0.15) is 89.7 Å². The van der Waals surface area contributed by atoms with Crippen LogP contribution in [0.4, 0.5) is 0 Å². The van der Waals surface area contributed by atoms with Crippen molar-refractivity contribution in [1.82, 2.24) is 16.0 Å². The summed E-state index contributed by atoms with van der Waals surface area (Å²) in [4.78, 5) is 53.8. The third-order valence-electron chi connectivity index (χ3n) is 11.0. The lowest BCUT2D eigenvalue weighted by Gasteiger charge is -2.32. The van der Waals surface area contributed by atoms with Crippen LogP contribution in [0.2, 0.25) is 5.02 Å². The number of carbonyl (C=O) groups excluding carboxylic acids is 4. The summed E-state index contributed by atoms with van der Waals surface area (Å²) in [6.07, 6.45) is 1.89. The fourth-order valence-corrected chi connectivity index (χ4v) is 7.56. The maximum absolute atomic E-state index is 14.1. The van der Waals surface area contributed by atoms with E-state index in [0.717, 1.165) is 28.5 Å². The Labute approximate surface area is 383 Å². The lowest BCUT2D eigenvalue weighted by Crippen LogP contribution is -2.54. The Hall–Kier alpha value is -5.21. The highest BCUT2D eigenvalue weighted by Gasteiger charge is 2.47. The summed E-state index contributed by atoms with van der Waals surface area (Å²) in [5, 5.41) is 8.72. The molecule has 1 fully saturated rings. The maximum Gasteiger partial charge on any atom is 0.328 e. The molecule has 1 aliphatic rings. The summed E-state index contributed by atoms with van der Waals surface area (Å²) in [5.74, 6) is -2.12. The van der Waals surface area contributed by atoms with E-state index in [1.54, 1.807) is 45.2 Å². The first-order valence-electron chi connectivity index (χ1n) is 21.6. The number of benzene rings is 3. The number of hydrogen-bond donors (Lipinski definition) is 3. The molecule has 1 aliphatic heterocycles. The number of carbonyl (C=O) groups is 4. The van der Waals surface area contributed by atoms with E-state index in [4.69, 9.17) is 40.0 Å². The number of rotatable bonds is 24. The molecular weight excluding hydrogens is 838 g/mol. The van der Waals surface area contributed by atoms with E-state index < -0.39 is 65.3 Å². The predicted molar refractivity (Wildman–Crippen MR) is 247 cm³/mol. The minimum Gasteiger partial charge on any atom is -0.497 e. The number of nitrogens with one attached hydrogen (secondary N) is 3. The molecule has 6 atom stereocenters. The third kappa shape index (κ3) is 14.9. The smallest absolute Gasteiger partial charge is 0.328 e. The Morgan fingerprint density at radius 1 is 0.859 bits per heavy atom. The van der Waals surface area contributed by atoms with E-state index in [9.17, 15) is 19.2 Å². The van der Waals surface area contributed by atoms with Crippen molar-refractivity contribution in [1.29, 1.82) is 0 Å². The standard InChI is InChI=1S/C50H66ClN3O10/c1-12-14-41(32(5)44-45(64-50(8,9)63-44)36-20-15-33(16-21-36)28-61-29-34-17-22-37(59-10)23-18-34)62-47(57)40(25-31(3)4)54-48(58)49(6,7)30-52-46(56)39(53-43(55)13-2)27-35-19-24-42(60-11)38(51)26-35/h12-13,15-24,26,31-32,39-41,44-45H,1-2,14,25,27-30H2,3-11H3,(H,52,56)(H,53,55)(H,54,58)/t32-,39+,40-,41-,44+,45+/m0/s1. The minimum absolute atomic E-state index is 0.0178. The number of hydrogen-bond acceptors (Lipinski definition) is 10. The van der Waals surface area contributed by atoms with Gasteiger partial charge in [-0.25, -0.2) is 4.79 Å². The molecule has 3 aromatic carbocycles. The molecule has 0 saturated carbocycles. The summed E-state index contributed by atoms with van der Waals surface area (Å²) in [6, 6.07) is 18.8. The normalized spacial score (nSPS) is 17.6. The Morgan fingerprint density at radius 2 is 1.48 bits per heavy atom. The molecule has 4 rings (SSSR count). The first kappa shape index (κ1) is 51.4. The molecule has 0 unspecified atom stereocenters. The second kappa shape index (κ2) is 23.6. The lowest BCUT2D eigenvalue weighted by atomic mass is 9.89. The molecule has 0 spiro atoms. The Kier molecular flexibility index (Phi) is 19.0. The highest BCUT2D eigenvalue weighted by molar-refractivity contribution is 6.32. The molecule has 348 valence electrons. The van der Waals surface area contributed by atoms with Gasteiger partial charge in [-0.05, 0) is 92.6 Å². The van der Waals surface area contributed by atoms with Gasteiger partial charge < -0.3 is 44.4 Å². The zero-order valence-electron chi connectivity index (χ0n) is 38.7. The van der Waals surface area contributed by atoms with Crippen molar-refractivity contribution in [2.24, 2.45) is 17.3 Å². The monoisotopic (exact) mass is 903 g/mol. The molecule has 64 heavy (non-hydrogen) atoms. The van der Waals surface area contributed by atoms with Crippen molar-refractivity contribution in [2.45, 2.75) is 117 Å². The summed E-state index contributed by atoms with van der Waals surface area (Å²) < 4.78 is 35.6. The van der Waals surface area contributed by atoms with Crippen molar-refractivity contribution in [3.05, 3.63) is 119 Å². The lowest BCUT2D eigenvalue weighted by molar-refractivity contribution is -0.166.